The molecule has 0 saturated heterocycles. The summed E-state index contributed by atoms with van der Waals surface area (Å²) in [5.41, 5.74) is 0. The minimum absolute atomic E-state index is 0.194. The highest BCUT2D eigenvalue weighted by molar-refractivity contribution is 8.19. The Kier molecular flexibility index (Phi) is 7.23. The number of halogens is 1. The summed E-state index contributed by atoms with van der Waals surface area (Å²) in [4.78, 5) is 10.6. The monoisotopic (exact) mass is 183 g/mol. The molecule has 0 heterocycles. The second-order valence-electron chi connectivity index (χ2n) is 1.53. The fourth-order valence-electron chi connectivity index (χ4n) is 0.425. The molecule has 0 aromatic carbocycles. The zero-order valence-corrected chi connectivity index (χ0v) is 7.30. The summed E-state index contributed by atoms with van der Waals surface area (Å²) in [6.07, 6.45) is 0.369. The van der Waals surface area contributed by atoms with Gasteiger partial charge in [0.05, 0.1) is 13.0 Å². The summed E-state index contributed by atoms with van der Waals surface area (Å²) in [6, 6.07) is 0. The molecule has 0 aliphatic rings. The summed E-state index contributed by atoms with van der Waals surface area (Å²) in [5.74, 6) is -0.194. The van der Waals surface area contributed by atoms with Gasteiger partial charge in [-0.15, -0.1) is 0 Å². The summed E-state index contributed by atoms with van der Waals surface area (Å²) < 4.78 is 7.38. The van der Waals surface area contributed by atoms with E-state index in [9.17, 15) is 4.79 Å². The second kappa shape index (κ2) is 7.18. The lowest BCUT2D eigenvalue weighted by molar-refractivity contribution is -0.142. The van der Waals surface area contributed by atoms with Gasteiger partial charge in [0, 0.05) is 17.7 Å². The highest BCUT2D eigenvalue weighted by Gasteiger charge is 1.98. The molecule has 0 rings (SSSR count). The van der Waals surface area contributed by atoms with Crippen LogP contribution in [0.1, 0.15) is 13.3 Å². The zero-order valence-electron chi connectivity index (χ0n) is 5.72. The van der Waals surface area contributed by atoms with Crippen molar-refractivity contribution in [2.24, 2.45) is 0 Å². The van der Waals surface area contributed by atoms with Gasteiger partial charge in [-0.05, 0) is 17.6 Å². The van der Waals surface area contributed by atoms with Gasteiger partial charge < -0.3 is 4.74 Å². The van der Waals surface area contributed by atoms with Gasteiger partial charge in [-0.1, -0.05) is 0 Å². The SMILES string of the molecule is CCOC(=O)CCNSCl. The van der Waals surface area contributed by atoms with E-state index in [1.807, 2.05) is 0 Å². The summed E-state index contributed by atoms with van der Waals surface area (Å²) in [5, 5.41) is 0. The minimum Gasteiger partial charge on any atom is -0.466 e. The Labute approximate surface area is 69.1 Å². The number of carbonyl (C=O) groups excluding carboxylic acids is 1. The number of carbonyl (C=O) groups is 1. The standard InChI is InChI=1S/C5H10ClNO2S/c1-2-9-5(8)3-4-7-10-6/h7H,2-4H2,1H3. The number of nitrogens with one attached hydrogen (secondary N) is 1. The lowest BCUT2D eigenvalue weighted by atomic mass is 10.4. The molecule has 0 aromatic heterocycles. The molecular weight excluding hydrogens is 174 g/mol. The molecule has 0 amide bonds. The van der Waals surface area contributed by atoms with Crippen molar-refractivity contribution < 1.29 is 9.53 Å². The van der Waals surface area contributed by atoms with Crippen LogP contribution in [0, 0.1) is 0 Å². The maximum atomic E-state index is 10.6. The number of hydrogen-bond donors (Lipinski definition) is 1. The second-order valence-corrected chi connectivity index (χ2v) is 2.43. The van der Waals surface area contributed by atoms with Crippen molar-refractivity contribution in [3.05, 3.63) is 0 Å². The summed E-state index contributed by atoms with van der Waals surface area (Å²) in [6.45, 7) is 2.77. The molecule has 1 N–H and O–H groups in total. The molecule has 10 heavy (non-hydrogen) atoms. The maximum Gasteiger partial charge on any atom is 0.307 e. The number of rotatable bonds is 5. The lowest BCUT2D eigenvalue weighted by Gasteiger charge is -1.99. The third kappa shape index (κ3) is 6.19. The van der Waals surface area contributed by atoms with Crippen LogP contribution >= 0.6 is 21.8 Å². The van der Waals surface area contributed by atoms with Crippen LogP contribution < -0.4 is 4.72 Å². The highest BCUT2D eigenvalue weighted by Crippen LogP contribution is 1.97. The van der Waals surface area contributed by atoms with E-state index in [0.717, 1.165) is 11.2 Å². The molecule has 0 atom stereocenters. The van der Waals surface area contributed by atoms with E-state index in [2.05, 4.69) is 9.46 Å². The van der Waals surface area contributed by atoms with Gasteiger partial charge in [0.25, 0.3) is 0 Å². The fraction of sp³-hybridized carbons (Fsp3) is 0.800. The molecule has 0 saturated carbocycles. The Morgan fingerprint density at radius 1 is 1.80 bits per heavy atom. The number of esters is 1. The third-order valence-corrected chi connectivity index (χ3v) is 1.43. The molecule has 0 radical (unpaired) electrons. The van der Waals surface area contributed by atoms with E-state index < -0.39 is 0 Å². The quantitative estimate of drug-likeness (QED) is 0.397. The number of hydrogen-bond acceptors (Lipinski definition) is 4. The van der Waals surface area contributed by atoms with Crippen molar-refractivity contribution >= 4 is 27.8 Å². The first kappa shape index (κ1) is 10.1. The van der Waals surface area contributed by atoms with Crippen LogP contribution in [-0.4, -0.2) is 19.1 Å². The first-order chi connectivity index (χ1) is 4.81. The Balaban J connectivity index is 3.05. The van der Waals surface area contributed by atoms with Gasteiger partial charge in [0.15, 0.2) is 0 Å². The van der Waals surface area contributed by atoms with E-state index >= 15 is 0 Å². The Morgan fingerprint density at radius 3 is 3.00 bits per heavy atom. The zero-order chi connectivity index (χ0) is 7.82. The van der Waals surface area contributed by atoms with E-state index in [0.29, 0.717) is 19.6 Å². The Bertz CT molecular complexity index is 102. The molecule has 5 heteroatoms. The Morgan fingerprint density at radius 2 is 2.50 bits per heavy atom. The van der Waals surface area contributed by atoms with Gasteiger partial charge in [0.2, 0.25) is 0 Å². The average molecular weight is 184 g/mol. The largest absolute Gasteiger partial charge is 0.466 e. The van der Waals surface area contributed by atoms with Crippen LogP contribution in [0.4, 0.5) is 0 Å². The third-order valence-electron chi connectivity index (χ3n) is 0.791. The lowest BCUT2D eigenvalue weighted by Crippen LogP contribution is -2.12. The molecule has 0 unspecified atom stereocenters. The van der Waals surface area contributed by atoms with Crippen molar-refractivity contribution in [2.45, 2.75) is 13.3 Å². The summed E-state index contributed by atoms with van der Waals surface area (Å²) in [7, 11) is 5.22. The molecule has 0 spiro atoms. The minimum atomic E-state index is -0.194. The topological polar surface area (TPSA) is 38.3 Å². The first-order valence-electron chi connectivity index (χ1n) is 2.97. The van der Waals surface area contributed by atoms with Crippen molar-refractivity contribution in [2.75, 3.05) is 13.2 Å². The van der Waals surface area contributed by atoms with Crippen molar-refractivity contribution in [3.63, 3.8) is 0 Å². The smallest absolute Gasteiger partial charge is 0.307 e. The molecule has 0 aliphatic carbocycles. The molecule has 0 aliphatic heterocycles. The van der Waals surface area contributed by atoms with Crippen LogP contribution in [0.2, 0.25) is 0 Å². The van der Waals surface area contributed by atoms with Gasteiger partial charge in [-0.3, -0.25) is 4.79 Å². The van der Waals surface area contributed by atoms with Crippen LogP contribution in [0.5, 0.6) is 0 Å². The van der Waals surface area contributed by atoms with Crippen molar-refractivity contribution in [1.82, 2.24) is 4.72 Å². The van der Waals surface area contributed by atoms with Crippen molar-refractivity contribution in [3.8, 4) is 0 Å². The van der Waals surface area contributed by atoms with E-state index in [1.54, 1.807) is 6.92 Å². The molecule has 0 aromatic rings. The molecule has 0 fully saturated rings. The predicted molar refractivity (Wildman–Crippen MR) is 42.7 cm³/mol. The van der Waals surface area contributed by atoms with Crippen LogP contribution in [0.3, 0.4) is 0 Å². The van der Waals surface area contributed by atoms with Crippen LogP contribution in [0.25, 0.3) is 0 Å². The van der Waals surface area contributed by atoms with Gasteiger partial charge in [-0.2, -0.15) is 0 Å². The fourth-order valence-corrected chi connectivity index (χ4v) is 0.835. The van der Waals surface area contributed by atoms with Crippen LogP contribution in [-0.2, 0) is 9.53 Å². The molecule has 60 valence electrons. The van der Waals surface area contributed by atoms with E-state index in [-0.39, 0.29) is 5.97 Å². The maximum absolute atomic E-state index is 10.6. The van der Waals surface area contributed by atoms with Gasteiger partial charge in [0.1, 0.15) is 0 Å². The average Bonchev–Trinajstić information content (AvgIpc) is 1.89. The van der Waals surface area contributed by atoms with Crippen LogP contribution in [0.15, 0.2) is 0 Å². The van der Waals surface area contributed by atoms with Gasteiger partial charge >= 0.3 is 5.97 Å². The predicted octanol–water partition coefficient (Wildman–Crippen LogP) is 1.33. The van der Waals surface area contributed by atoms with Gasteiger partial charge in [-0.25, -0.2) is 4.72 Å². The molecule has 0 bridgehead atoms. The normalized spacial score (nSPS) is 9.40. The van der Waals surface area contributed by atoms with Crippen molar-refractivity contribution in [1.29, 1.82) is 0 Å². The summed E-state index contributed by atoms with van der Waals surface area (Å²) >= 11 is 0.976. The molecular formula is C5H10ClNO2S. The first-order valence-corrected chi connectivity index (χ1v) is 4.61. The Hall–Kier alpha value is 0.0700. The van der Waals surface area contributed by atoms with E-state index in [4.69, 9.17) is 10.7 Å². The van der Waals surface area contributed by atoms with E-state index in [1.165, 1.54) is 0 Å². The number of ether oxygens (including phenoxy) is 1. The molecule has 3 nitrogen and oxygen atoms in total. The highest BCUT2D eigenvalue weighted by atomic mass is 35.7.